The lowest BCUT2D eigenvalue weighted by atomic mass is 10.1. The molecule has 1 saturated heterocycles. The maximum Gasteiger partial charge on any atom is 0.262 e. The Bertz CT molecular complexity index is 1500. The number of anilines is 1. The SMILES string of the molecule is Cn1c(C2CCCN2C(=O)c2cccc(S(=O)(=O)Nc3ccccc3F)c2)nc2ccccc21. The molecule has 9 heteroatoms. The smallest absolute Gasteiger partial charge is 0.262 e. The molecule has 174 valence electrons. The van der Waals surface area contributed by atoms with Crippen molar-refractivity contribution in [2.75, 3.05) is 11.3 Å². The molecule has 1 unspecified atom stereocenters. The number of likely N-dealkylation sites (tertiary alicyclic amines) is 1. The van der Waals surface area contributed by atoms with Gasteiger partial charge < -0.3 is 9.47 Å². The molecule has 0 bridgehead atoms. The summed E-state index contributed by atoms with van der Waals surface area (Å²) in [6, 6.07) is 19.0. The Balaban J connectivity index is 1.44. The van der Waals surface area contributed by atoms with Crippen molar-refractivity contribution in [2.24, 2.45) is 7.05 Å². The van der Waals surface area contributed by atoms with E-state index in [1.54, 1.807) is 11.0 Å². The van der Waals surface area contributed by atoms with Crippen LogP contribution in [-0.4, -0.2) is 35.3 Å². The quantitative estimate of drug-likeness (QED) is 0.458. The molecule has 3 aromatic carbocycles. The summed E-state index contributed by atoms with van der Waals surface area (Å²) in [7, 11) is -2.14. The van der Waals surface area contributed by atoms with Crippen molar-refractivity contribution in [1.82, 2.24) is 14.5 Å². The molecule has 34 heavy (non-hydrogen) atoms. The first kappa shape index (κ1) is 22.1. The van der Waals surface area contributed by atoms with E-state index in [1.807, 2.05) is 35.9 Å². The fourth-order valence-corrected chi connectivity index (χ4v) is 5.56. The molecular weight excluding hydrogens is 455 g/mol. The Morgan fingerprint density at radius 2 is 1.82 bits per heavy atom. The number of nitrogens with zero attached hydrogens (tertiary/aromatic N) is 3. The number of sulfonamides is 1. The highest BCUT2D eigenvalue weighted by molar-refractivity contribution is 7.92. The number of halogens is 1. The zero-order valence-corrected chi connectivity index (χ0v) is 19.3. The zero-order chi connectivity index (χ0) is 23.9. The Labute approximate surface area is 196 Å². The summed E-state index contributed by atoms with van der Waals surface area (Å²) in [5.74, 6) is -0.143. The molecule has 5 rings (SSSR count). The fraction of sp³-hybridized carbons (Fsp3) is 0.200. The van der Waals surface area contributed by atoms with Crippen LogP contribution in [0, 0.1) is 5.82 Å². The number of imidazole rings is 1. The van der Waals surface area contributed by atoms with Crippen LogP contribution >= 0.6 is 0 Å². The van der Waals surface area contributed by atoms with Crippen molar-refractivity contribution >= 4 is 32.7 Å². The second kappa shape index (κ2) is 8.57. The Morgan fingerprint density at radius 1 is 1.06 bits per heavy atom. The van der Waals surface area contributed by atoms with Gasteiger partial charge in [0.05, 0.1) is 27.7 Å². The number of nitrogens with one attached hydrogen (secondary N) is 1. The summed E-state index contributed by atoms with van der Waals surface area (Å²) in [4.78, 5) is 19.9. The van der Waals surface area contributed by atoms with E-state index in [1.165, 1.54) is 42.5 Å². The third-order valence-corrected chi connectivity index (χ3v) is 7.51. The van der Waals surface area contributed by atoms with Gasteiger partial charge in [-0.05, 0) is 55.3 Å². The topological polar surface area (TPSA) is 84.3 Å². The van der Waals surface area contributed by atoms with Crippen molar-refractivity contribution < 1.29 is 17.6 Å². The molecule has 1 amide bonds. The van der Waals surface area contributed by atoms with Gasteiger partial charge in [-0.25, -0.2) is 17.8 Å². The minimum Gasteiger partial charge on any atom is -0.329 e. The lowest BCUT2D eigenvalue weighted by molar-refractivity contribution is 0.0728. The molecule has 1 atom stereocenters. The third kappa shape index (κ3) is 3.92. The number of hydrogen-bond donors (Lipinski definition) is 1. The van der Waals surface area contributed by atoms with Crippen LogP contribution in [-0.2, 0) is 17.1 Å². The van der Waals surface area contributed by atoms with E-state index in [9.17, 15) is 17.6 Å². The van der Waals surface area contributed by atoms with Crippen LogP contribution in [0.2, 0.25) is 0 Å². The highest BCUT2D eigenvalue weighted by atomic mass is 32.2. The van der Waals surface area contributed by atoms with Gasteiger partial charge in [-0.3, -0.25) is 9.52 Å². The van der Waals surface area contributed by atoms with E-state index < -0.39 is 15.8 Å². The molecule has 2 heterocycles. The third-order valence-electron chi connectivity index (χ3n) is 6.14. The number of rotatable bonds is 5. The van der Waals surface area contributed by atoms with Crippen LogP contribution in [0.4, 0.5) is 10.1 Å². The average Bonchev–Trinajstić information content (AvgIpc) is 3.45. The standard InChI is InChI=1S/C25H23FN4O3S/c1-29-22-13-5-4-12-21(22)27-24(29)23-14-7-15-30(23)25(31)17-8-6-9-18(16-17)34(32,33)28-20-11-3-2-10-19(20)26/h2-6,8-13,16,23,28H,7,14-15H2,1H3. The molecule has 4 aromatic rings. The maximum atomic E-state index is 14.0. The number of carbonyl (C=O) groups excluding carboxylic acids is 1. The van der Waals surface area contributed by atoms with Crippen LogP contribution in [0.25, 0.3) is 11.0 Å². The molecule has 0 saturated carbocycles. The molecule has 1 aliphatic rings. The predicted octanol–water partition coefficient (Wildman–Crippen LogP) is 4.49. The number of amides is 1. The lowest BCUT2D eigenvalue weighted by Crippen LogP contribution is -2.32. The van der Waals surface area contributed by atoms with Crippen LogP contribution in [0.3, 0.4) is 0 Å². The number of hydrogen-bond acceptors (Lipinski definition) is 4. The molecule has 0 radical (unpaired) electrons. The predicted molar refractivity (Wildman–Crippen MR) is 127 cm³/mol. The van der Waals surface area contributed by atoms with Gasteiger partial charge in [0.25, 0.3) is 15.9 Å². The van der Waals surface area contributed by atoms with Crippen LogP contribution in [0.1, 0.15) is 35.1 Å². The minimum absolute atomic E-state index is 0.111. The fourth-order valence-electron chi connectivity index (χ4n) is 4.45. The summed E-state index contributed by atoms with van der Waals surface area (Å²) < 4.78 is 44.0. The van der Waals surface area contributed by atoms with Gasteiger partial charge in [0.2, 0.25) is 0 Å². The van der Waals surface area contributed by atoms with E-state index in [-0.39, 0.29) is 28.1 Å². The average molecular weight is 479 g/mol. The molecular formula is C25H23FN4O3S. The van der Waals surface area contributed by atoms with Gasteiger partial charge in [-0.2, -0.15) is 0 Å². The summed E-state index contributed by atoms with van der Waals surface area (Å²) in [5.41, 5.74) is 1.96. The van der Waals surface area contributed by atoms with Crippen molar-refractivity contribution in [3.05, 3.63) is 90.0 Å². The highest BCUT2D eigenvalue weighted by Crippen LogP contribution is 2.34. The number of aromatic nitrogens is 2. The van der Waals surface area contributed by atoms with Crippen LogP contribution in [0.5, 0.6) is 0 Å². The van der Waals surface area contributed by atoms with E-state index >= 15 is 0 Å². The van der Waals surface area contributed by atoms with Crippen molar-refractivity contribution in [2.45, 2.75) is 23.8 Å². The largest absolute Gasteiger partial charge is 0.329 e. The van der Waals surface area contributed by atoms with Gasteiger partial charge in [-0.1, -0.05) is 30.3 Å². The van der Waals surface area contributed by atoms with Gasteiger partial charge >= 0.3 is 0 Å². The normalized spacial score (nSPS) is 16.2. The molecule has 1 aliphatic heterocycles. The number of carbonyl (C=O) groups is 1. The van der Waals surface area contributed by atoms with E-state index in [4.69, 9.17) is 4.98 Å². The first-order valence-electron chi connectivity index (χ1n) is 10.9. The second-order valence-corrected chi connectivity index (χ2v) is 9.97. The van der Waals surface area contributed by atoms with Crippen LogP contribution in [0.15, 0.2) is 77.7 Å². The molecule has 1 N–H and O–H groups in total. The van der Waals surface area contributed by atoms with Gasteiger partial charge in [0.15, 0.2) is 0 Å². The number of fused-ring (bicyclic) bond motifs is 1. The highest BCUT2D eigenvalue weighted by Gasteiger charge is 2.34. The number of aryl methyl sites for hydroxylation is 1. The summed E-state index contributed by atoms with van der Waals surface area (Å²) >= 11 is 0. The summed E-state index contributed by atoms with van der Waals surface area (Å²) in [6.45, 7) is 0.553. The molecule has 1 aromatic heterocycles. The molecule has 1 fully saturated rings. The van der Waals surface area contributed by atoms with Crippen LogP contribution < -0.4 is 4.72 Å². The number of para-hydroxylation sites is 3. The Kier molecular flexibility index (Phi) is 5.57. The van der Waals surface area contributed by atoms with Gasteiger partial charge in [0.1, 0.15) is 11.6 Å². The minimum atomic E-state index is -4.08. The first-order valence-corrected chi connectivity index (χ1v) is 12.4. The van der Waals surface area contributed by atoms with Gasteiger partial charge in [0, 0.05) is 19.2 Å². The Morgan fingerprint density at radius 3 is 2.62 bits per heavy atom. The Hall–Kier alpha value is -3.72. The zero-order valence-electron chi connectivity index (χ0n) is 18.5. The van der Waals surface area contributed by atoms with E-state index in [2.05, 4.69) is 4.72 Å². The molecule has 0 spiro atoms. The van der Waals surface area contributed by atoms with E-state index in [0.717, 1.165) is 29.7 Å². The monoisotopic (exact) mass is 478 g/mol. The number of benzene rings is 3. The van der Waals surface area contributed by atoms with E-state index in [0.29, 0.717) is 6.54 Å². The van der Waals surface area contributed by atoms with Gasteiger partial charge in [-0.15, -0.1) is 0 Å². The second-order valence-electron chi connectivity index (χ2n) is 8.29. The maximum absolute atomic E-state index is 14.0. The molecule has 7 nitrogen and oxygen atoms in total. The van der Waals surface area contributed by atoms with Crippen molar-refractivity contribution in [1.29, 1.82) is 0 Å². The van der Waals surface area contributed by atoms with Crippen molar-refractivity contribution in [3.8, 4) is 0 Å². The molecule has 0 aliphatic carbocycles. The van der Waals surface area contributed by atoms with Crippen molar-refractivity contribution in [3.63, 3.8) is 0 Å². The summed E-state index contributed by atoms with van der Waals surface area (Å²) in [5, 5.41) is 0. The first-order chi connectivity index (χ1) is 16.3. The lowest BCUT2D eigenvalue weighted by Gasteiger charge is -2.24. The summed E-state index contributed by atoms with van der Waals surface area (Å²) in [6.07, 6.45) is 1.60.